The van der Waals surface area contributed by atoms with Gasteiger partial charge < -0.3 is 10.6 Å². The summed E-state index contributed by atoms with van der Waals surface area (Å²) in [6.45, 7) is 7.55. The Bertz CT molecular complexity index is 800. The van der Waals surface area contributed by atoms with Gasteiger partial charge in [-0.1, -0.05) is 30.4 Å². The van der Waals surface area contributed by atoms with Crippen LogP contribution in [-0.2, 0) is 6.42 Å². The van der Waals surface area contributed by atoms with Gasteiger partial charge in [0, 0.05) is 17.5 Å². The Morgan fingerprint density at radius 2 is 2.12 bits per heavy atom. The molecule has 1 amide bonds. The van der Waals surface area contributed by atoms with E-state index in [-0.39, 0.29) is 5.91 Å². The Balaban J connectivity index is 0.000000597. The van der Waals surface area contributed by atoms with E-state index in [0.29, 0.717) is 16.1 Å². The zero-order valence-electron chi connectivity index (χ0n) is 15.5. The van der Waals surface area contributed by atoms with Gasteiger partial charge >= 0.3 is 0 Å². The normalized spacial score (nSPS) is 9.77. The van der Waals surface area contributed by atoms with Crippen molar-refractivity contribution in [3.8, 4) is 6.07 Å². The summed E-state index contributed by atoms with van der Waals surface area (Å²) in [6, 6.07) is 11.4. The van der Waals surface area contributed by atoms with E-state index in [4.69, 9.17) is 0 Å². The van der Waals surface area contributed by atoms with E-state index in [1.807, 2.05) is 63.5 Å². The lowest BCUT2D eigenvalue weighted by atomic mass is 10.1. The van der Waals surface area contributed by atoms with E-state index in [1.165, 1.54) is 11.3 Å². The molecule has 1 aromatic carbocycles. The molecule has 0 saturated heterocycles. The number of amides is 1. The summed E-state index contributed by atoms with van der Waals surface area (Å²) in [6.07, 6.45) is 7.36. The van der Waals surface area contributed by atoms with Crippen LogP contribution in [0.3, 0.4) is 0 Å². The van der Waals surface area contributed by atoms with Gasteiger partial charge in [-0.25, -0.2) is 0 Å². The first-order valence-electron chi connectivity index (χ1n) is 8.36. The summed E-state index contributed by atoms with van der Waals surface area (Å²) < 4.78 is 0. The number of nitriles is 1. The number of nitrogens with zero attached hydrogens (tertiary/aromatic N) is 1. The molecule has 0 atom stereocenters. The average Bonchev–Trinajstić information content (AvgIpc) is 3.03. The first-order valence-corrected chi connectivity index (χ1v) is 9.18. The second kappa shape index (κ2) is 11.7. The highest BCUT2D eigenvalue weighted by Gasteiger charge is 2.14. The maximum atomic E-state index is 12.3. The molecule has 2 rings (SSSR count). The number of carbonyl (C=O) groups is 1. The first-order chi connectivity index (χ1) is 12.6. The molecule has 26 heavy (non-hydrogen) atoms. The van der Waals surface area contributed by atoms with Gasteiger partial charge in [-0.3, -0.25) is 4.79 Å². The number of carbonyl (C=O) groups excluding carboxylic acids is 1. The van der Waals surface area contributed by atoms with Crippen molar-refractivity contribution >= 4 is 22.2 Å². The standard InChI is InChI=1S/C17H16N2OS.C4H9N/c1-3-4-8-14-10-13(11-18)17(21-14)19-16(20)15-9-6-5-7-12(15)2;1-3-4-5-2/h3,5-7,9-10H,1,4,8H2,2H3,(H,19,20);3-5H,1-2H3/b;4-3+. The van der Waals surface area contributed by atoms with Crippen LogP contribution in [0.2, 0.25) is 0 Å². The minimum Gasteiger partial charge on any atom is -0.394 e. The topological polar surface area (TPSA) is 64.9 Å². The monoisotopic (exact) mass is 367 g/mol. The number of thiophene rings is 1. The number of anilines is 1. The lowest BCUT2D eigenvalue weighted by molar-refractivity contribution is 0.102. The van der Waals surface area contributed by atoms with Crippen molar-refractivity contribution in [2.45, 2.75) is 26.7 Å². The smallest absolute Gasteiger partial charge is 0.256 e. The van der Waals surface area contributed by atoms with E-state index in [9.17, 15) is 10.1 Å². The second-order valence-electron chi connectivity index (χ2n) is 5.45. The number of hydrogen-bond donors (Lipinski definition) is 2. The third kappa shape index (κ3) is 6.58. The number of hydrogen-bond acceptors (Lipinski definition) is 4. The quantitative estimate of drug-likeness (QED) is 0.703. The Kier molecular flexibility index (Phi) is 9.52. The zero-order chi connectivity index (χ0) is 19.4. The summed E-state index contributed by atoms with van der Waals surface area (Å²) in [5.74, 6) is -0.179. The molecule has 2 N–H and O–H groups in total. The molecule has 4 nitrogen and oxygen atoms in total. The van der Waals surface area contributed by atoms with Crippen LogP contribution in [-0.4, -0.2) is 13.0 Å². The van der Waals surface area contributed by atoms with Crippen molar-refractivity contribution in [3.05, 3.63) is 76.8 Å². The summed E-state index contributed by atoms with van der Waals surface area (Å²) in [4.78, 5) is 13.4. The van der Waals surface area contributed by atoms with Crippen LogP contribution < -0.4 is 10.6 Å². The van der Waals surface area contributed by atoms with Crippen molar-refractivity contribution in [2.24, 2.45) is 0 Å². The van der Waals surface area contributed by atoms with Gasteiger partial charge in [0.25, 0.3) is 5.91 Å². The Hall–Kier alpha value is -2.84. The SMILES string of the molecule is C/C=C/NC.C=CCCc1cc(C#N)c(NC(=O)c2ccccc2C)s1. The molecule has 0 aliphatic heterocycles. The Morgan fingerprint density at radius 1 is 1.38 bits per heavy atom. The second-order valence-corrected chi connectivity index (χ2v) is 6.59. The Morgan fingerprint density at radius 3 is 2.65 bits per heavy atom. The summed E-state index contributed by atoms with van der Waals surface area (Å²) in [5.41, 5.74) is 2.06. The van der Waals surface area contributed by atoms with E-state index >= 15 is 0 Å². The lowest BCUT2D eigenvalue weighted by Gasteiger charge is -2.05. The van der Waals surface area contributed by atoms with E-state index in [1.54, 1.807) is 6.07 Å². The van der Waals surface area contributed by atoms with Crippen molar-refractivity contribution in [1.29, 1.82) is 5.26 Å². The molecule has 0 aliphatic carbocycles. The van der Waals surface area contributed by atoms with Crippen molar-refractivity contribution in [3.63, 3.8) is 0 Å². The van der Waals surface area contributed by atoms with Crippen LogP contribution in [0.15, 0.2) is 55.3 Å². The molecular weight excluding hydrogens is 342 g/mol. The molecule has 0 bridgehead atoms. The number of allylic oxidation sites excluding steroid dienone is 2. The summed E-state index contributed by atoms with van der Waals surface area (Å²) in [7, 11) is 1.88. The van der Waals surface area contributed by atoms with Gasteiger partial charge in [0.15, 0.2) is 0 Å². The van der Waals surface area contributed by atoms with Gasteiger partial charge in [0.1, 0.15) is 11.1 Å². The molecule has 136 valence electrons. The Labute approximate surface area is 159 Å². The maximum absolute atomic E-state index is 12.3. The highest BCUT2D eigenvalue weighted by Crippen LogP contribution is 2.29. The van der Waals surface area contributed by atoms with Crippen LogP contribution in [0.1, 0.15) is 39.7 Å². The van der Waals surface area contributed by atoms with Gasteiger partial charge in [0.2, 0.25) is 0 Å². The molecular formula is C21H25N3OS. The van der Waals surface area contributed by atoms with Crippen molar-refractivity contribution < 1.29 is 4.79 Å². The van der Waals surface area contributed by atoms with Gasteiger partial charge in [0.05, 0.1) is 5.56 Å². The van der Waals surface area contributed by atoms with Crippen LogP contribution in [0.4, 0.5) is 5.00 Å². The fourth-order valence-corrected chi connectivity index (χ4v) is 3.17. The predicted octanol–water partition coefficient (Wildman–Crippen LogP) is 5.04. The van der Waals surface area contributed by atoms with Gasteiger partial charge in [-0.2, -0.15) is 5.26 Å². The molecule has 0 aliphatic rings. The fourth-order valence-electron chi connectivity index (χ4n) is 2.15. The van der Waals surface area contributed by atoms with Crippen molar-refractivity contribution in [1.82, 2.24) is 5.32 Å². The molecule has 1 heterocycles. The minimum atomic E-state index is -0.179. The lowest BCUT2D eigenvalue weighted by Crippen LogP contribution is -2.12. The van der Waals surface area contributed by atoms with Crippen molar-refractivity contribution in [2.75, 3.05) is 12.4 Å². The number of benzene rings is 1. The molecule has 0 unspecified atom stereocenters. The molecule has 0 saturated carbocycles. The van der Waals surface area contributed by atoms with E-state index < -0.39 is 0 Å². The van der Waals surface area contributed by atoms with E-state index in [0.717, 1.165) is 23.3 Å². The number of rotatable bonds is 6. The van der Waals surface area contributed by atoms with E-state index in [2.05, 4.69) is 23.3 Å². The van der Waals surface area contributed by atoms with Gasteiger partial charge in [-0.15, -0.1) is 17.9 Å². The number of nitrogens with one attached hydrogen (secondary N) is 2. The molecule has 0 radical (unpaired) electrons. The minimum absolute atomic E-state index is 0.179. The van der Waals surface area contributed by atoms with Crippen LogP contribution in [0, 0.1) is 18.3 Å². The molecule has 0 spiro atoms. The highest BCUT2D eigenvalue weighted by molar-refractivity contribution is 7.16. The zero-order valence-corrected chi connectivity index (χ0v) is 16.3. The average molecular weight is 368 g/mol. The predicted molar refractivity (Wildman–Crippen MR) is 111 cm³/mol. The van der Waals surface area contributed by atoms with Crippen LogP contribution in [0.5, 0.6) is 0 Å². The number of aryl methyl sites for hydroxylation is 2. The summed E-state index contributed by atoms with van der Waals surface area (Å²) in [5, 5.41) is 15.5. The third-order valence-corrected chi connectivity index (χ3v) is 4.56. The molecule has 5 heteroatoms. The summed E-state index contributed by atoms with van der Waals surface area (Å²) >= 11 is 1.45. The van der Waals surface area contributed by atoms with Crippen LogP contribution >= 0.6 is 11.3 Å². The third-order valence-electron chi connectivity index (χ3n) is 3.45. The molecule has 1 aromatic heterocycles. The highest BCUT2D eigenvalue weighted by atomic mass is 32.1. The van der Waals surface area contributed by atoms with Gasteiger partial charge in [-0.05, 0) is 50.6 Å². The first kappa shape index (κ1) is 21.2. The maximum Gasteiger partial charge on any atom is 0.256 e. The fraction of sp³-hybridized carbons (Fsp3) is 0.238. The largest absolute Gasteiger partial charge is 0.394 e. The molecule has 2 aromatic rings. The van der Waals surface area contributed by atoms with Crippen LogP contribution in [0.25, 0.3) is 0 Å². The molecule has 0 fully saturated rings.